The highest BCUT2D eigenvalue weighted by Crippen LogP contribution is 2.19. The van der Waals surface area contributed by atoms with Crippen molar-refractivity contribution in [1.82, 2.24) is 5.32 Å². The fourth-order valence-corrected chi connectivity index (χ4v) is 1.33. The molecule has 0 aromatic heterocycles. The number of nitrogens with two attached hydrogens (primary N) is 2. The van der Waals surface area contributed by atoms with Crippen molar-refractivity contribution < 1.29 is 14.3 Å². The van der Waals surface area contributed by atoms with Crippen molar-refractivity contribution in [2.45, 2.75) is 13.5 Å². The van der Waals surface area contributed by atoms with Gasteiger partial charge in [-0.3, -0.25) is 10.1 Å². The van der Waals surface area contributed by atoms with Crippen LogP contribution in [-0.4, -0.2) is 18.5 Å². The van der Waals surface area contributed by atoms with Crippen LogP contribution in [0, 0.1) is 6.92 Å². The zero-order valence-electron chi connectivity index (χ0n) is 9.53. The van der Waals surface area contributed by atoms with Gasteiger partial charge in [0.05, 0.1) is 0 Å². The van der Waals surface area contributed by atoms with Gasteiger partial charge >= 0.3 is 6.03 Å². The molecule has 0 atom stereocenters. The maximum absolute atomic E-state index is 11.1. The monoisotopic (exact) mass is 237 g/mol. The molecule has 0 aliphatic heterocycles. The lowest BCUT2D eigenvalue weighted by atomic mass is 10.1. The van der Waals surface area contributed by atoms with Crippen molar-refractivity contribution in [3.05, 3.63) is 29.3 Å². The van der Waals surface area contributed by atoms with Gasteiger partial charge in [0.2, 0.25) is 0 Å². The molecule has 0 radical (unpaired) electrons. The van der Waals surface area contributed by atoms with Crippen LogP contribution in [0.4, 0.5) is 4.79 Å². The van der Waals surface area contributed by atoms with Gasteiger partial charge in [0.1, 0.15) is 5.75 Å². The van der Waals surface area contributed by atoms with Gasteiger partial charge in [0.25, 0.3) is 5.91 Å². The predicted molar refractivity (Wildman–Crippen MR) is 62.3 cm³/mol. The SMILES string of the molecule is Cc1ccc(OCC(=O)NC(N)=O)c(CN)c1. The van der Waals surface area contributed by atoms with Crippen molar-refractivity contribution in [3.8, 4) is 5.75 Å². The third-order valence-corrected chi connectivity index (χ3v) is 2.06. The van der Waals surface area contributed by atoms with E-state index in [2.05, 4.69) is 0 Å². The Morgan fingerprint density at radius 2 is 2.12 bits per heavy atom. The molecular formula is C11H15N3O3. The molecule has 0 heterocycles. The number of hydrogen-bond donors (Lipinski definition) is 3. The number of amides is 3. The number of carbonyl (C=O) groups is 2. The maximum atomic E-state index is 11.1. The van der Waals surface area contributed by atoms with Gasteiger partial charge in [-0.05, 0) is 13.0 Å². The first-order valence-electron chi connectivity index (χ1n) is 5.04. The summed E-state index contributed by atoms with van der Waals surface area (Å²) in [4.78, 5) is 21.5. The molecule has 0 fully saturated rings. The normalized spacial score (nSPS) is 9.76. The number of carbonyl (C=O) groups excluding carboxylic acids is 2. The van der Waals surface area contributed by atoms with Crippen molar-refractivity contribution in [1.29, 1.82) is 0 Å². The van der Waals surface area contributed by atoms with Gasteiger partial charge in [-0.2, -0.15) is 0 Å². The summed E-state index contributed by atoms with van der Waals surface area (Å²) >= 11 is 0. The van der Waals surface area contributed by atoms with Crippen LogP contribution in [0.2, 0.25) is 0 Å². The average molecular weight is 237 g/mol. The molecule has 0 spiro atoms. The third kappa shape index (κ3) is 4.12. The summed E-state index contributed by atoms with van der Waals surface area (Å²) in [6, 6.07) is 4.55. The van der Waals surface area contributed by atoms with E-state index in [4.69, 9.17) is 16.2 Å². The van der Waals surface area contributed by atoms with Crippen LogP contribution in [0.15, 0.2) is 18.2 Å². The first-order chi connectivity index (χ1) is 8.02. The second-order valence-corrected chi connectivity index (χ2v) is 3.52. The van der Waals surface area contributed by atoms with Crippen molar-refractivity contribution in [3.63, 3.8) is 0 Å². The summed E-state index contributed by atoms with van der Waals surface area (Å²) in [7, 11) is 0. The molecule has 92 valence electrons. The number of benzene rings is 1. The Hall–Kier alpha value is -2.08. The molecule has 5 N–H and O–H groups in total. The summed E-state index contributed by atoms with van der Waals surface area (Å²) in [5.41, 5.74) is 12.2. The van der Waals surface area contributed by atoms with Gasteiger partial charge in [-0.15, -0.1) is 0 Å². The fourth-order valence-electron chi connectivity index (χ4n) is 1.33. The van der Waals surface area contributed by atoms with Crippen LogP contribution < -0.4 is 21.5 Å². The summed E-state index contributed by atoms with van der Waals surface area (Å²) in [5.74, 6) is -0.0706. The number of aryl methyl sites for hydroxylation is 1. The maximum Gasteiger partial charge on any atom is 0.318 e. The molecule has 6 heteroatoms. The van der Waals surface area contributed by atoms with E-state index in [1.807, 2.05) is 24.4 Å². The van der Waals surface area contributed by atoms with E-state index >= 15 is 0 Å². The van der Waals surface area contributed by atoms with Crippen molar-refractivity contribution in [2.75, 3.05) is 6.61 Å². The smallest absolute Gasteiger partial charge is 0.318 e. The van der Waals surface area contributed by atoms with E-state index in [9.17, 15) is 9.59 Å². The number of hydrogen-bond acceptors (Lipinski definition) is 4. The Morgan fingerprint density at radius 1 is 1.41 bits per heavy atom. The zero-order chi connectivity index (χ0) is 12.8. The average Bonchev–Trinajstić information content (AvgIpc) is 2.26. The molecular weight excluding hydrogens is 222 g/mol. The Balaban J connectivity index is 2.63. The number of ether oxygens (including phenoxy) is 1. The second-order valence-electron chi connectivity index (χ2n) is 3.52. The molecule has 0 bridgehead atoms. The molecule has 0 unspecified atom stereocenters. The molecule has 0 aliphatic carbocycles. The number of primary amides is 1. The summed E-state index contributed by atoms with van der Waals surface area (Å²) in [6.45, 7) is 1.97. The molecule has 1 aromatic rings. The highest BCUT2D eigenvalue weighted by molar-refractivity contribution is 5.94. The number of rotatable bonds is 4. The van der Waals surface area contributed by atoms with Gasteiger partial charge < -0.3 is 16.2 Å². The number of imide groups is 1. The largest absolute Gasteiger partial charge is 0.483 e. The van der Waals surface area contributed by atoms with Crippen LogP contribution >= 0.6 is 0 Å². The van der Waals surface area contributed by atoms with E-state index in [-0.39, 0.29) is 6.61 Å². The van der Waals surface area contributed by atoms with Crippen molar-refractivity contribution in [2.24, 2.45) is 11.5 Å². The Labute approximate surface area is 98.9 Å². The molecule has 6 nitrogen and oxygen atoms in total. The Morgan fingerprint density at radius 3 is 2.71 bits per heavy atom. The summed E-state index contributed by atoms with van der Waals surface area (Å²) in [5, 5.41) is 1.91. The topological polar surface area (TPSA) is 107 Å². The highest BCUT2D eigenvalue weighted by Gasteiger charge is 2.07. The standard InChI is InChI=1S/C11H15N3O3/c1-7-2-3-9(8(4-7)5-12)17-6-10(15)14-11(13)16/h2-4H,5-6,12H2,1H3,(H3,13,14,15,16). The molecule has 0 saturated heterocycles. The van der Waals surface area contributed by atoms with Gasteiger partial charge in [-0.25, -0.2) is 4.79 Å². The van der Waals surface area contributed by atoms with Crippen LogP contribution in [0.5, 0.6) is 5.75 Å². The molecule has 1 rings (SSSR count). The van der Waals surface area contributed by atoms with E-state index in [0.717, 1.165) is 11.1 Å². The molecule has 1 aromatic carbocycles. The quantitative estimate of drug-likeness (QED) is 0.686. The van der Waals surface area contributed by atoms with Gasteiger partial charge in [-0.1, -0.05) is 17.7 Å². The first-order valence-corrected chi connectivity index (χ1v) is 5.04. The molecule has 0 aliphatic rings. The molecule has 3 amide bonds. The minimum atomic E-state index is -0.901. The Bertz CT molecular complexity index is 432. The van der Waals surface area contributed by atoms with Crippen LogP contribution in [-0.2, 0) is 11.3 Å². The number of urea groups is 1. The van der Waals surface area contributed by atoms with E-state index in [1.54, 1.807) is 6.07 Å². The predicted octanol–water partition coefficient (Wildman–Crippen LogP) is 0.0274. The van der Waals surface area contributed by atoms with Gasteiger partial charge in [0, 0.05) is 12.1 Å². The van der Waals surface area contributed by atoms with Gasteiger partial charge in [0.15, 0.2) is 6.61 Å². The second kappa shape index (κ2) is 5.86. The molecule has 0 saturated carbocycles. The van der Waals surface area contributed by atoms with E-state index < -0.39 is 11.9 Å². The lowest BCUT2D eigenvalue weighted by molar-refractivity contribution is -0.121. The highest BCUT2D eigenvalue weighted by atomic mass is 16.5. The van der Waals surface area contributed by atoms with E-state index in [1.165, 1.54) is 0 Å². The lowest BCUT2D eigenvalue weighted by Gasteiger charge is -2.10. The summed E-state index contributed by atoms with van der Waals surface area (Å²) < 4.78 is 5.25. The first kappa shape index (κ1) is 13.0. The minimum absolute atomic E-state index is 0.279. The van der Waals surface area contributed by atoms with Crippen LogP contribution in [0.25, 0.3) is 0 Å². The number of nitrogens with one attached hydrogen (secondary N) is 1. The summed E-state index contributed by atoms with van der Waals surface area (Å²) in [6.07, 6.45) is 0. The zero-order valence-corrected chi connectivity index (χ0v) is 9.53. The minimum Gasteiger partial charge on any atom is -0.483 e. The van der Waals surface area contributed by atoms with Crippen LogP contribution in [0.3, 0.4) is 0 Å². The van der Waals surface area contributed by atoms with Crippen LogP contribution in [0.1, 0.15) is 11.1 Å². The van der Waals surface area contributed by atoms with E-state index in [0.29, 0.717) is 12.3 Å². The van der Waals surface area contributed by atoms with Crippen molar-refractivity contribution >= 4 is 11.9 Å². The fraction of sp³-hybridized carbons (Fsp3) is 0.273. The Kier molecular flexibility index (Phi) is 4.47. The lowest BCUT2D eigenvalue weighted by Crippen LogP contribution is -2.38. The third-order valence-electron chi connectivity index (χ3n) is 2.06. The molecule has 17 heavy (non-hydrogen) atoms.